The smallest absolute Gasteiger partial charge is 0.0542 e. The van der Waals surface area contributed by atoms with E-state index in [1.54, 1.807) is 0 Å². The highest BCUT2D eigenvalue weighted by atomic mass is 15.2. The summed E-state index contributed by atoms with van der Waals surface area (Å²) in [6, 6.07) is 92.4. The molecular formula is C62H42N4. The van der Waals surface area contributed by atoms with E-state index < -0.39 is 0 Å². The number of hydrogen-bond donors (Lipinski definition) is 0. The molecule has 0 spiro atoms. The van der Waals surface area contributed by atoms with Gasteiger partial charge in [-0.3, -0.25) is 0 Å². The van der Waals surface area contributed by atoms with Crippen molar-refractivity contribution >= 4 is 99.3 Å². The van der Waals surface area contributed by atoms with Gasteiger partial charge in [-0.1, -0.05) is 164 Å². The van der Waals surface area contributed by atoms with E-state index in [4.69, 9.17) is 0 Å². The number of anilines is 6. The van der Waals surface area contributed by atoms with Gasteiger partial charge in [0.1, 0.15) is 0 Å². The van der Waals surface area contributed by atoms with Crippen LogP contribution in [0.3, 0.4) is 0 Å². The number of para-hydroxylation sites is 6. The van der Waals surface area contributed by atoms with Gasteiger partial charge in [0.25, 0.3) is 0 Å². The third-order valence-electron chi connectivity index (χ3n) is 13.3. The summed E-state index contributed by atoms with van der Waals surface area (Å²) in [7, 11) is 0. The van der Waals surface area contributed by atoms with E-state index in [-0.39, 0.29) is 0 Å². The monoisotopic (exact) mass is 842 g/mol. The summed E-state index contributed by atoms with van der Waals surface area (Å²) in [5.74, 6) is 0. The number of aromatic nitrogens is 2. The molecule has 2 aromatic heterocycles. The van der Waals surface area contributed by atoms with Crippen molar-refractivity contribution in [3.8, 4) is 11.4 Å². The molecule has 0 unspecified atom stereocenters. The van der Waals surface area contributed by atoms with Crippen molar-refractivity contribution in [3.63, 3.8) is 0 Å². The minimum atomic E-state index is 1.06. The lowest BCUT2D eigenvalue weighted by molar-refractivity contribution is 1.19. The molecule has 0 saturated heterocycles. The Morgan fingerprint density at radius 2 is 0.500 bits per heavy atom. The minimum absolute atomic E-state index is 1.06. The number of hydrogen-bond acceptors (Lipinski definition) is 2. The van der Waals surface area contributed by atoms with E-state index in [2.05, 4.69) is 274 Å². The number of fused-ring (bicyclic) bond motifs is 8. The molecule has 0 N–H and O–H groups in total. The minimum Gasteiger partial charge on any atom is -0.310 e. The Labute approximate surface area is 382 Å². The van der Waals surface area contributed by atoms with Gasteiger partial charge >= 0.3 is 0 Å². The third-order valence-corrected chi connectivity index (χ3v) is 13.3. The SMILES string of the molecule is c1ccc(N(c2cccc(N(c3ccccc3)c3ccc(-n4c5ccccc5c5ccccc54)c4ccccc34)c2)c2ccc(-n3c4ccccc4c4ccccc43)c3ccccc23)cc1. The largest absolute Gasteiger partial charge is 0.310 e. The Kier molecular flexibility index (Phi) is 8.81. The molecule has 0 amide bonds. The highest BCUT2D eigenvalue weighted by Crippen LogP contribution is 2.46. The van der Waals surface area contributed by atoms with Gasteiger partial charge in [0.15, 0.2) is 0 Å². The highest BCUT2D eigenvalue weighted by molar-refractivity contribution is 6.13. The van der Waals surface area contributed by atoms with Crippen molar-refractivity contribution in [1.29, 1.82) is 0 Å². The van der Waals surface area contributed by atoms with Crippen LogP contribution >= 0.6 is 0 Å². The molecule has 0 aliphatic rings. The topological polar surface area (TPSA) is 16.3 Å². The standard InChI is InChI=1S/C62H42N4/c1-3-20-43(21-4-1)63(59-38-40-61(53-28-9-7-26-51(53)59)65-55-34-15-11-30-47(55)48-31-12-16-35-56(48)65)45-24-19-25-46(42-45)64(44-22-5-2-6-23-44)60-39-41-62(54-29-10-8-27-52(54)60)66-57-36-17-13-32-49(57)50-33-14-18-37-58(50)66/h1-42H. The fraction of sp³-hybridized carbons (Fsp3) is 0. The number of rotatable bonds is 8. The predicted molar refractivity (Wildman–Crippen MR) is 279 cm³/mol. The first-order chi connectivity index (χ1) is 32.8. The predicted octanol–water partition coefficient (Wildman–Crippen LogP) is 17.1. The molecule has 11 aromatic carbocycles. The van der Waals surface area contributed by atoms with Gasteiger partial charge in [-0.15, -0.1) is 0 Å². The summed E-state index contributed by atoms with van der Waals surface area (Å²) in [6.45, 7) is 0. The highest BCUT2D eigenvalue weighted by Gasteiger charge is 2.23. The fourth-order valence-electron chi connectivity index (χ4n) is 10.5. The summed E-state index contributed by atoms with van der Waals surface area (Å²) >= 11 is 0. The molecule has 13 rings (SSSR count). The van der Waals surface area contributed by atoms with E-state index in [0.717, 1.165) is 56.3 Å². The molecule has 4 nitrogen and oxygen atoms in total. The van der Waals surface area contributed by atoms with Crippen LogP contribution in [0.5, 0.6) is 0 Å². The lowest BCUT2D eigenvalue weighted by Gasteiger charge is -2.31. The zero-order chi connectivity index (χ0) is 43.6. The third kappa shape index (κ3) is 5.93. The fourth-order valence-corrected chi connectivity index (χ4v) is 10.5. The van der Waals surface area contributed by atoms with Crippen molar-refractivity contribution in [2.24, 2.45) is 0 Å². The average molecular weight is 843 g/mol. The van der Waals surface area contributed by atoms with Crippen LogP contribution in [-0.4, -0.2) is 9.13 Å². The molecule has 0 saturated carbocycles. The molecule has 66 heavy (non-hydrogen) atoms. The maximum atomic E-state index is 2.43. The van der Waals surface area contributed by atoms with E-state index in [1.807, 2.05) is 0 Å². The van der Waals surface area contributed by atoms with Crippen LogP contribution in [-0.2, 0) is 0 Å². The summed E-state index contributed by atoms with van der Waals surface area (Å²) in [5.41, 5.74) is 13.6. The Morgan fingerprint density at radius 3 is 0.864 bits per heavy atom. The van der Waals surface area contributed by atoms with E-state index in [0.29, 0.717) is 0 Å². The Bertz CT molecular complexity index is 3600. The number of benzene rings is 11. The van der Waals surface area contributed by atoms with Crippen LogP contribution in [0.25, 0.3) is 76.5 Å². The average Bonchev–Trinajstić information content (AvgIpc) is 3.90. The Balaban J connectivity index is 1.00. The quantitative estimate of drug-likeness (QED) is 0.152. The molecular weight excluding hydrogens is 801 g/mol. The summed E-state index contributed by atoms with van der Waals surface area (Å²) in [5, 5.41) is 9.69. The Hall–Kier alpha value is -8.86. The van der Waals surface area contributed by atoms with Crippen molar-refractivity contribution in [2.45, 2.75) is 0 Å². The van der Waals surface area contributed by atoms with E-state index in [9.17, 15) is 0 Å². The molecule has 310 valence electrons. The zero-order valence-electron chi connectivity index (χ0n) is 36.0. The lowest BCUT2D eigenvalue weighted by atomic mass is 10.0. The van der Waals surface area contributed by atoms with Gasteiger partial charge in [-0.05, 0) is 91.0 Å². The van der Waals surface area contributed by atoms with Crippen molar-refractivity contribution < 1.29 is 0 Å². The van der Waals surface area contributed by atoms with Crippen molar-refractivity contribution in [2.75, 3.05) is 9.80 Å². The second kappa shape index (κ2) is 15.4. The second-order valence-corrected chi connectivity index (χ2v) is 16.9. The summed E-state index contributed by atoms with van der Waals surface area (Å²) < 4.78 is 4.86. The second-order valence-electron chi connectivity index (χ2n) is 16.9. The summed E-state index contributed by atoms with van der Waals surface area (Å²) in [6.07, 6.45) is 0. The normalized spacial score (nSPS) is 11.6. The maximum absolute atomic E-state index is 2.43. The summed E-state index contributed by atoms with van der Waals surface area (Å²) in [4.78, 5) is 4.82. The van der Waals surface area contributed by atoms with Crippen LogP contribution in [0.15, 0.2) is 255 Å². The molecule has 0 radical (unpaired) electrons. The van der Waals surface area contributed by atoms with Gasteiger partial charge in [-0.25, -0.2) is 0 Å². The van der Waals surface area contributed by atoms with Crippen LogP contribution in [0.4, 0.5) is 34.1 Å². The first kappa shape index (κ1) is 37.7. The molecule has 4 heteroatoms. The molecule has 2 heterocycles. The van der Waals surface area contributed by atoms with Gasteiger partial charge in [0, 0.05) is 65.8 Å². The van der Waals surface area contributed by atoms with Gasteiger partial charge in [0.2, 0.25) is 0 Å². The van der Waals surface area contributed by atoms with E-state index in [1.165, 1.54) is 54.4 Å². The van der Waals surface area contributed by atoms with Gasteiger partial charge < -0.3 is 18.9 Å². The molecule has 0 atom stereocenters. The number of nitrogens with zero attached hydrogens (tertiary/aromatic N) is 4. The van der Waals surface area contributed by atoms with Crippen molar-refractivity contribution in [3.05, 3.63) is 255 Å². The molecule has 0 aliphatic carbocycles. The lowest BCUT2D eigenvalue weighted by Crippen LogP contribution is -2.14. The van der Waals surface area contributed by atoms with Crippen LogP contribution in [0, 0.1) is 0 Å². The van der Waals surface area contributed by atoms with Crippen LogP contribution in [0.1, 0.15) is 0 Å². The van der Waals surface area contributed by atoms with Gasteiger partial charge in [-0.2, -0.15) is 0 Å². The first-order valence-corrected chi connectivity index (χ1v) is 22.6. The first-order valence-electron chi connectivity index (χ1n) is 22.6. The van der Waals surface area contributed by atoms with Gasteiger partial charge in [0.05, 0.1) is 44.8 Å². The molecule has 13 aromatic rings. The molecule has 0 aliphatic heterocycles. The van der Waals surface area contributed by atoms with Crippen LogP contribution in [0.2, 0.25) is 0 Å². The molecule has 0 bridgehead atoms. The van der Waals surface area contributed by atoms with Crippen LogP contribution < -0.4 is 9.80 Å². The van der Waals surface area contributed by atoms with Crippen molar-refractivity contribution in [1.82, 2.24) is 9.13 Å². The van der Waals surface area contributed by atoms with E-state index >= 15 is 0 Å². The molecule has 0 fully saturated rings. The maximum Gasteiger partial charge on any atom is 0.0542 e. The zero-order valence-corrected chi connectivity index (χ0v) is 36.0. The Morgan fingerprint density at radius 1 is 0.212 bits per heavy atom.